The van der Waals surface area contributed by atoms with Gasteiger partial charge in [0.15, 0.2) is 5.04 Å². The lowest BCUT2D eigenvalue weighted by atomic mass is 10.1. The van der Waals surface area contributed by atoms with Crippen LogP contribution in [0.15, 0.2) is 65.6 Å². The summed E-state index contributed by atoms with van der Waals surface area (Å²) >= 11 is 0. The molecule has 3 aromatic carbocycles. The molecule has 3 N–H and O–H groups in total. The predicted molar refractivity (Wildman–Crippen MR) is 120 cm³/mol. The Morgan fingerprint density at radius 3 is 2.53 bits per heavy atom. The van der Waals surface area contributed by atoms with Gasteiger partial charge in [-0.25, -0.2) is 8.42 Å². The number of anilines is 1. The Morgan fingerprint density at radius 2 is 1.77 bits per heavy atom. The lowest BCUT2D eigenvalue weighted by Gasteiger charge is -2.29. The number of ether oxygens (including phenoxy) is 1. The minimum absolute atomic E-state index is 0.0709. The quantitative estimate of drug-likeness (QED) is 0.379. The molecule has 7 heteroatoms. The van der Waals surface area contributed by atoms with E-state index in [2.05, 4.69) is 11.9 Å². The molecule has 0 unspecified atom stereocenters. The van der Waals surface area contributed by atoms with Crippen molar-refractivity contribution in [1.82, 2.24) is 4.90 Å². The predicted octanol–water partition coefficient (Wildman–Crippen LogP) is 3.69. The fourth-order valence-electron chi connectivity index (χ4n) is 3.79. The summed E-state index contributed by atoms with van der Waals surface area (Å²) in [7, 11) is -1.98. The van der Waals surface area contributed by atoms with E-state index >= 15 is 0 Å². The lowest BCUT2D eigenvalue weighted by molar-refractivity contribution is 0.114. The zero-order chi connectivity index (χ0) is 21.3. The van der Waals surface area contributed by atoms with Gasteiger partial charge in [0.2, 0.25) is 9.84 Å². The maximum absolute atomic E-state index is 13.3. The van der Waals surface area contributed by atoms with Crippen molar-refractivity contribution in [1.29, 1.82) is 5.41 Å². The number of fused-ring (bicyclic) bond motifs is 1. The van der Waals surface area contributed by atoms with Gasteiger partial charge in [-0.2, -0.15) is 0 Å². The molecular formula is C23H25N3O3S. The highest BCUT2D eigenvalue weighted by atomic mass is 32.2. The first-order chi connectivity index (χ1) is 14.4. The zero-order valence-corrected chi connectivity index (χ0v) is 17.7. The Hall–Kier alpha value is -2.90. The van der Waals surface area contributed by atoms with Crippen LogP contribution in [0.1, 0.15) is 18.4 Å². The van der Waals surface area contributed by atoms with Crippen LogP contribution < -0.4 is 10.5 Å². The average Bonchev–Trinajstić information content (AvgIpc) is 2.75. The summed E-state index contributed by atoms with van der Waals surface area (Å²) in [5.74, 6) is 0.534. The fraction of sp³-hybridized carbons (Fsp3) is 0.261. The first-order valence-corrected chi connectivity index (χ1v) is 11.4. The maximum atomic E-state index is 13.3. The molecule has 30 heavy (non-hydrogen) atoms. The molecule has 1 aliphatic rings. The Morgan fingerprint density at radius 1 is 1.07 bits per heavy atom. The maximum Gasteiger partial charge on any atom is 0.224 e. The van der Waals surface area contributed by atoms with Crippen molar-refractivity contribution in [3.8, 4) is 5.75 Å². The normalized spacial score (nSPS) is 15.9. The van der Waals surface area contributed by atoms with Crippen molar-refractivity contribution >= 4 is 31.3 Å². The van der Waals surface area contributed by atoms with Crippen molar-refractivity contribution in [2.45, 2.75) is 23.8 Å². The Bertz CT molecular complexity index is 1190. The van der Waals surface area contributed by atoms with Crippen molar-refractivity contribution in [2.24, 2.45) is 0 Å². The van der Waals surface area contributed by atoms with Gasteiger partial charge >= 0.3 is 0 Å². The van der Waals surface area contributed by atoms with Crippen LogP contribution in [0.2, 0.25) is 0 Å². The second kappa shape index (κ2) is 8.08. The van der Waals surface area contributed by atoms with Crippen molar-refractivity contribution in [3.63, 3.8) is 0 Å². The molecule has 156 valence electrons. The summed E-state index contributed by atoms with van der Waals surface area (Å²) in [5.41, 5.74) is 6.46. The highest BCUT2D eigenvalue weighted by Crippen LogP contribution is 2.29. The molecule has 0 saturated carbocycles. The molecular weight excluding hydrogens is 398 g/mol. The van der Waals surface area contributed by atoms with Crippen LogP contribution in [0, 0.1) is 5.41 Å². The van der Waals surface area contributed by atoms with E-state index in [1.165, 1.54) is 6.07 Å². The van der Waals surface area contributed by atoms with Gasteiger partial charge in [0.05, 0.1) is 4.90 Å². The summed E-state index contributed by atoms with van der Waals surface area (Å²) in [4.78, 5) is 2.35. The third-order valence-corrected chi connectivity index (χ3v) is 7.24. The largest absolute Gasteiger partial charge is 0.490 e. The monoisotopic (exact) mass is 423 g/mol. The van der Waals surface area contributed by atoms with E-state index in [1.807, 2.05) is 18.2 Å². The summed E-state index contributed by atoms with van der Waals surface area (Å²) in [6, 6.07) is 17.2. The summed E-state index contributed by atoms with van der Waals surface area (Å²) in [6.07, 6.45) is 1.88. The van der Waals surface area contributed by atoms with Crippen molar-refractivity contribution in [2.75, 3.05) is 25.9 Å². The first-order valence-electron chi connectivity index (χ1n) is 9.93. The average molecular weight is 424 g/mol. The molecule has 0 atom stereocenters. The number of nitrogens with two attached hydrogens (primary N) is 1. The Balaban J connectivity index is 1.67. The zero-order valence-electron chi connectivity index (χ0n) is 16.8. The summed E-state index contributed by atoms with van der Waals surface area (Å²) in [6.45, 7) is 1.91. The van der Waals surface area contributed by atoms with Gasteiger partial charge in [0, 0.05) is 29.7 Å². The van der Waals surface area contributed by atoms with E-state index in [0.29, 0.717) is 11.1 Å². The molecule has 0 aromatic heterocycles. The van der Waals surface area contributed by atoms with Crippen LogP contribution in [0.5, 0.6) is 5.75 Å². The van der Waals surface area contributed by atoms with Crippen LogP contribution >= 0.6 is 0 Å². The molecule has 1 saturated heterocycles. The number of hydrogen-bond acceptors (Lipinski definition) is 6. The number of likely N-dealkylation sites (tertiary alicyclic amines) is 1. The Labute approximate surface area is 176 Å². The van der Waals surface area contributed by atoms with Crippen LogP contribution in [0.25, 0.3) is 10.8 Å². The molecule has 1 heterocycles. The molecule has 0 aliphatic carbocycles. The highest BCUT2D eigenvalue weighted by molar-refractivity contribution is 8.07. The fourth-order valence-corrected chi connectivity index (χ4v) is 5.20. The standard InChI is InChI=1S/C23H25N3O3S/c1-26-13-11-17(12-14-26)29-18-9-10-21(24)20(15-18)23(25)30(27,28)22-8-4-6-16-5-2-3-7-19(16)22/h2-10,15,17,25H,11-14,24H2,1H3. The van der Waals surface area contributed by atoms with E-state index in [0.717, 1.165) is 31.3 Å². The number of rotatable bonds is 4. The SMILES string of the molecule is CN1CCC(Oc2ccc(N)c(C(=N)S(=O)(=O)c3cccc4ccccc34)c2)CC1. The molecule has 3 aromatic rings. The number of nitrogen functional groups attached to an aromatic ring is 1. The smallest absolute Gasteiger partial charge is 0.224 e. The molecule has 6 nitrogen and oxygen atoms in total. The molecule has 1 aliphatic heterocycles. The van der Waals surface area contributed by atoms with E-state index in [-0.39, 0.29) is 22.3 Å². The second-order valence-electron chi connectivity index (χ2n) is 7.68. The number of hydrogen-bond donors (Lipinski definition) is 2. The van der Waals surface area contributed by atoms with Crippen LogP contribution in [-0.4, -0.2) is 44.6 Å². The van der Waals surface area contributed by atoms with Crippen molar-refractivity contribution < 1.29 is 13.2 Å². The van der Waals surface area contributed by atoms with E-state index < -0.39 is 14.9 Å². The third-order valence-electron chi connectivity index (χ3n) is 5.55. The van der Waals surface area contributed by atoms with Gasteiger partial charge in [-0.05, 0) is 49.5 Å². The molecule has 0 radical (unpaired) electrons. The van der Waals surface area contributed by atoms with Gasteiger partial charge < -0.3 is 15.4 Å². The lowest BCUT2D eigenvalue weighted by Crippen LogP contribution is -2.35. The minimum atomic E-state index is -4.06. The number of piperidine rings is 1. The van der Waals surface area contributed by atoms with Gasteiger partial charge in [0.1, 0.15) is 11.9 Å². The topological polar surface area (TPSA) is 96.5 Å². The number of benzene rings is 3. The first kappa shape index (κ1) is 20.4. The second-order valence-corrected chi connectivity index (χ2v) is 9.53. The van der Waals surface area contributed by atoms with E-state index in [1.54, 1.807) is 36.4 Å². The summed E-state index contributed by atoms with van der Waals surface area (Å²) in [5, 5.41) is 9.37. The molecule has 0 spiro atoms. The van der Waals surface area contributed by atoms with Crippen LogP contribution in [0.3, 0.4) is 0 Å². The van der Waals surface area contributed by atoms with E-state index in [4.69, 9.17) is 15.9 Å². The van der Waals surface area contributed by atoms with Crippen molar-refractivity contribution in [3.05, 3.63) is 66.2 Å². The third kappa shape index (κ3) is 3.91. The minimum Gasteiger partial charge on any atom is -0.490 e. The Kier molecular flexibility index (Phi) is 5.49. The van der Waals surface area contributed by atoms with Crippen LogP contribution in [-0.2, 0) is 9.84 Å². The number of nitrogens with one attached hydrogen (secondary N) is 1. The number of sulfone groups is 1. The van der Waals surface area contributed by atoms with Gasteiger partial charge in [-0.3, -0.25) is 5.41 Å². The number of nitrogens with zero attached hydrogens (tertiary/aromatic N) is 1. The molecule has 1 fully saturated rings. The molecule has 4 rings (SSSR count). The van der Waals surface area contributed by atoms with E-state index in [9.17, 15) is 8.42 Å². The highest BCUT2D eigenvalue weighted by Gasteiger charge is 2.27. The van der Waals surface area contributed by atoms with Gasteiger partial charge in [0.25, 0.3) is 0 Å². The van der Waals surface area contributed by atoms with Crippen LogP contribution in [0.4, 0.5) is 5.69 Å². The summed E-state index contributed by atoms with van der Waals surface area (Å²) < 4.78 is 32.7. The van der Waals surface area contributed by atoms with Gasteiger partial charge in [-0.1, -0.05) is 36.4 Å². The molecule has 0 bridgehead atoms. The van der Waals surface area contributed by atoms with Gasteiger partial charge in [-0.15, -0.1) is 0 Å². The molecule has 0 amide bonds.